The standard InChI is InChI=1S/C14H16BrNO/c1-2-10-7-12(15)8-11-3-4-14(17-13(10)11)5-6-16-9-14/h3-4,7-8,16H,2,5-6,9H2,1H3. The highest BCUT2D eigenvalue weighted by Crippen LogP contribution is 2.38. The van der Waals surface area contributed by atoms with Crippen molar-refractivity contribution < 1.29 is 4.74 Å². The SMILES string of the molecule is CCc1cc(Br)cc2c1OC1(C=C2)CCNC1. The number of aryl methyl sites for hydroxylation is 1. The zero-order valence-electron chi connectivity index (χ0n) is 9.92. The van der Waals surface area contributed by atoms with Crippen LogP contribution in [-0.4, -0.2) is 18.7 Å². The normalized spacial score (nSPS) is 26.0. The second-order valence-corrected chi connectivity index (χ2v) is 5.68. The van der Waals surface area contributed by atoms with Crippen molar-refractivity contribution in [1.82, 2.24) is 5.32 Å². The number of ether oxygens (including phenoxy) is 1. The molecule has 0 aliphatic carbocycles. The van der Waals surface area contributed by atoms with Crippen LogP contribution in [0.2, 0.25) is 0 Å². The van der Waals surface area contributed by atoms with Crippen LogP contribution in [-0.2, 0) is 6.42 Å². The van der Waals surface area contributed by atoms with Crippen molar-refractivity contribution >= 4 is 22.0 Å². The number of benzene rings is 1. The first-order valence-electron chi connectivity index (χ1n) is 6.14. The summed E-state index contributed by atoms with van der Waals surface area (Å²) >= 11 is 3.56. The summed E-state index contributed by atoms with van der Waals surface area (Å²) in [5.41, 5.74) is 2.36. The molecule has 1 aromatic carbocycles. The molecule has 17 heavy (non-hydrogen) atoms. The van der Waals surface area contributed by atoms with E-state index in [1.54, 1.807) is 0 Å². The van der Waals surface area contributed by atoms with Crippen molar-refractivity contribution in [3.63, 3.8) is 0 Å². The lowest BCUT2D eigenvalue weighted by Crippen LogP contribution is -2.38. The molecule has 0 saturated carbocycles. The number of nitrogens with one attached hydrogen (secondary N) is 1. The first-order chi connectivity index (χ1) is 8.22. The minimum absolute atomic E-state index is 0.106. The van der Waals surface area contributed by atoms with E-state index in [9.17, 15) is 0 Å². The smallest absolute Gasteiger partial charge is 0.141 e. The van der Waals surface area contributed by atoms with Crippen molar-refractivity contribution in [2.45, 2.75) is 25.4 Å². The molecule has 3 rings (SSSR count). The van der Waals surface area contributed by atoms with Gasteiger partial charge in [0.2, 0.25) is 0 Å². The fourth-order valence-electron chi connectivity index (χ4n) is 2.58. The van der Waals surface area contributed by atoms with Crippen molar-refractivity contribution in [3.05, 3.63) is 33.8 Å². The molecule has 0 amide bonds. The molecule has 1 unspecified atom stereocenters. The Morgan fingerprint density at radius 3 is 3.06 bits per heavy atom. The van der Waals surface area contributed by atoms with Gasteiger partial charge < -0.3 is 10.1 Å². The van der Waals surface area contributed by atoms with Gasteiger partial charge in [-0.1, -0.05) is 28.9 Å². The maximum Gasteiger partial charge on any atom is 0.141 e. The Morgan fingerprint density at radius 1 is 1.47 bits per heavy atom. The molecular formula is C14H16BrNO. The minimum atomic E-state index is -0.106. The van der Waals surface area contributed by atoms with Gasteiger partial charge >= 0.3 is 0 Å². The molecule has 1 saturated heterocycles. The van der Waals surface area contributed by atoms with Crippen LogP contribution in [0.15, 0.2) is 22.7 Å². The van der Waals surface area contributed by atoms with Gasteiger partial charge in [0.05, 0.1) is 0 Å². The van der Waals surface area contributed by atoms with E-state index in [1.807, 2.05) is 0 Å². The van der Waals surface area contributed by atoms with Gasteiger partial charge in [-0.2, -0.15) is 0 Å². The highest BCUT2D eigenvalue weighted by molar-refractivity contribution is 9.10. The van der Waals surface area contributed by atoms with E-state index in [4.69, 9.17) is 4.74 Å². The van der Waals surface area contributed by atoms with E-state index in [0.717, 1.165) is 36.2 Å². The van der Waals surface area contributed by atoms with Crippen molar-refractivity contribution in [2.75, 3.05) is 13.1 Å². The molecule has 2 heterocycles. The highest BCUT2D eigenvalue weighted by atomic mass is 79.9. The largest absolute Gasteiger partial charge is 0.481 e. The fourth-order valence-corrected chi connectivity index (χ4v) is 3.10. The first-order valence-corrected chi connectivity index (χ1v) is 6.93. The van der Waals surface area contributed by atoms with Crippen LogP contribution in [0.1, 0.15) is 24.5 Å². The summed E-state index contributed by atoms with van der Waals surface area (Å²) in [6.45, 7) is 4.13. The molecule has 0 radical (unpaired) electrons. The third-order valence-electron chi connectivity index (χ3n) is 3.56. The Bertz CT molecular complexity index is 475. The topological polar surface area (TPSA) is 21.3 Å². The average Bonchev–Trinajstić information content (AvgIpc) is 2.77. The molecule has 1 aromatic rings. The van der Waals surface area contributed by atoms with Crippen LogP contribution >= 0.6 is 15.9 Å². The average molecular weight is 294 g/mol. The van der Waals surface area contributed by atoms with E-state index < -0.39 is 0 Å². The molecule has 2 aliphatic heterocycles. The number of rotatable bonds is 1. The molecule has 2 aliphatic rings. The number of halogens is 1. The van der Waals surface area contributed by atoms with Gasteiger partial charge in [0.25, 0.3) is 0 Å². The van der Waals surface area contributed by atoms with Crippen LogP contribution in [0.4, 0.5) is 0 Å². The minimum Gasteiger partial charge on any atom is -0.481 e. The Morgan fingerprint density at radius 2 is 2.35 bits per heavy atom. The fraction of sp³-hybridized carbons (Fsp3) is 0.429. The highest BCUT2D eigenvalue weighted by Gasteiger charge is 2.36. The first kappa shape index (κ1) is 11.3. The second-order valence-electron chi connectivity index (χ2n) is 4.76. The van der Waals surface area contributed by atoms with Crippen LogP contribution in [0.5, 0.6) is 5.75 Å². The monoisotopic (exact) mass is 293 g/mol. The van der Waals surface area contributed by atoms with Gasteiger partial charge in [-0.3, -0.25) is 0 Å². The summed E-state index contributed by atoms with van der Waals surface area (Å²) in [7, 11) is 0. The van der Waals surface area contributed by atoms with Gasteiger partial charge in [0.15, 0.2) is 0 Å². The van der Waals surface area contributed by atoms with Gasteiger partial charge in [0.1, 0.15) is 11.4 Å². The Balaban J connectivity index is 2.06. The lowest BCUT2D eigenvalue weighted by atomic mass is 9.95. The summed E-state index contributed by atoms with van der Waals surface area (Å²) in [5.74, 6) is 1.07. The van der Waals surface area contributed by atoms with Crippen LogP contribution < -0.4 is 10.1 Å². The lowest BCUT2D eigenvalue weighted by Gasteiger charge is -2.32. The Kier molecular flexibility index (Phi) is 2.75. The maximum absolute atomic E-state index is 6.29. The van der Waals surface area contributed by atoms with Gasteiger partial charge in [-0.15, -0.1) is 0 Å². The summed E-state index contributed by atoms with van der Waals surface area (Å²) < 4.78 is 7.41. The van der Waals surface area contributed by atoms with E-state index in [2.05, 4.69) is 52.5 Å². The molecule has 3 heteroatoms. The van der Waals surface area contributed by atoms with Crippen molar-refractivity contribution in [2.24, 2.45) is 0 Å². The van der Waals surface area contributed by atoms with Gasteiger partial charge in [0, 0.05) is 23.0 Å². The Labute approximate surface area is 110 Å². The number of hydrogen-bond donors (Lipinski definition) is 1. The molecule has 1 N–H and O–H groups in total. The van der Waals surface area contributed by atoms with Crippen LogP contribution in [0.3, 0.4) is 0 Å². The molecule has 1 fully saturated rings. The second kappa shape index (κ2) is 4.14. The number of hydrogen-bond acceptors (Lipinski definition) is 2. The zero-order valence-corrected chi connectivity index (χ0v) is 11.5. The predicted octanol–water partition coefficient (Wildman–Crippen LogP) is 3.15. The predicted molar refractivity (Wildman–Crippen MR) is 73.4 cm³/mol. The third kappa shape index (κ3) is 1.91. The summed E-state index contributed by atoms with van der Waals surface area (Å²) in [5, 5.41) is 3.38. The van der Waals surface area contributed by atoms with E-state index >= 15 is 0 Å². The summed E-state index contributed by atoms with van der Waals surface area (Å²) in [6.07, 6.45) is 6.47. The molecule has 1 atom stereocenters. The van der Waals surface area contributed by atoms with E-state index in [0.29, 0.717) is 0 Å². The Hall–Kier alpha value is -0.800. The van der Waals surface area contributed by atoms with E-state index in [-0.39, 0.29) is 5.60 Å². The van der Waals surface area contributed by atoms with Crippen molar-refractivity contribution in [3.8, 4) is 5.75 Å². The molecule has 2 nitrogen and oxygen atoms in total. The molecule has 1 spiro atoms. The quantitative estimate of drug-likeness (QED) is 0.859. The summed E-state index contributed by atoms with van der Waals surface area (Å²) in [6, 6.07) is 4.29. The molecular weight excluding hydrogens is 278 g/mol. The van der Waals surface area contributed by atoms with E-state index in [1.165, 1.54) is 11.1 Å². The molecule has 90 valence electrons. The third-order valence-corrected chi connectivity index (χ3v) is 4.02. The maximum atomic E-state index is 6.29. The van der Waals surface area contributed by atoms with Gasteiger partial charge in [-0.05, 0) is 36.7 Å². The lowest BCUT2D eigenvalue weighted by molar-refractivity contribution is 0.137. The summed E-state index contributed by atoms with van der Waals surface area (Å²) in [4.78, 5) is 0. The van der Waals surface area contributed by atoms with Crippen molar-refractivity contribution in [1.29, 1.82) is 0 Å². The molecule has 0 aromatic heterocycles. The zero-order chi connectivity index (χ0) is 11.9. The van der Waals surface area contributed by atoms with Gasteiger partial charge in [-0.25, -0.2) is 0 Å². The number of fused-ring (bicyclic) bond motifs is 1. The molecule has 0 bridgehead atoms. The van der Waals surface area contributed by atoms with Crippen LogP contribution in [0, 0.1) is 0 Å². The van der Waals surface area contributed by atoms with Crippen LogP contribution in [0.25, 0.3) is 6.08 Å².